The molecule has 0 spiro atoms. The van der Waals surface area contributed by atoms with E-state index in [1.165, 1.54) is 17.7 Å². The van der Waals surface area contributed by atoms with Crippen molar-refractivity contribution in [1.82, 2.24) is 0 Å². The van der Waals surface area contributed by atoms with Gasteiger partial charge in [0.05, 0.1) is 7.11 Å². The Morgan fingerprint density at radius 1 is 0.944 bits per heavy atom. The average molecular weight is 244 g/mol. The molecule has 0 saturated carbocycles. The Labute approximate surface area is 107 Å². The van der Waals surface area contributed by atoms with Gasteiger partial charge in [0.15, 0.2) is 0 Å². The maximum atomic E-state index is 12.9. The Morgan fingerprint density at radius 3 is 1.89 bits per heavy atom. The smallest absolute Gasteiger partial charge is 0.123 e. The second kappa shape index (κ2) is 5.67. The summed E-state index contributed by atoms with van der Waals surface area (Å²) in [6.45, 7) is 2.14. The highest BCUT2D eigenvalue weighted by molar-refractivity contribution is 5.35. The van der Waals surface area contributed by atoms with E-state index in [9.17, 15) is 4.39 Å². The highest BCUT2D eigenvalue weighted by atomic mass is 19.1. The molecule has 0 unspecified atom stereocenters. The summed E-state index contributed by atoms with van der Waals surface area (Å²) >= 11 is 0. The van der Waals surface area contributed by atoms with Gasteiger partial charge >= 0.3 is 0 Å². The van der Waals surface area contributed by atoms with E-state index in [1.54, 1.807) is 7.11 Å². The molecule has 0 radical (unpaired) electrons. The molecule has 0 heterocycles. The molecule has 0 aliphatic heterocycles. The van der Waals surface area contributed by atoms with E-state index in [-0.39, 0.29) is 5.82 Å². The molecule has 0 aromatic heterocycles. The molecule has 2 aromatic rings. The van der Waals surface area contributed by atoms with Crippen LogP contribution in [0.5, 0.6) is 5.75 Å². The SMILES string of the molecule is CC[C@@H](c1ccc(F)cc1)c1ccc(OC)cc1. The summed E-state index contributed by atoms with van der Waals surface area (Å²) in [4.78, 5) is 0. The third-order valence-corrected chi connectivity index (χ3v) is 3.20. The summed E-state index contributed by atoms with van der Waals surface area (Å²) in [6, 6.07) is 14.8. The molecule has 1 atom stereocenters. The molecule has 1 nitrogen and oxygen atoms in total. The van der Waals surface area contributed by atoms with Gasteiger partial charge in [-0.25, -0.2) is 4.39 Å². The highest BCUT2D eigenvalue weighted by Crippen LogP contribution is 2.29. The van der Waals surface area contributed by atoms with Gasteiger partial charge in [0.2, 0.25) is 0 Å². The van der Waals surface area contributed by atoms with Crippen molar-refractivity contribution in [2.45, 2.75) is 19.3 Å². The normalized spacial score (nSPS) is 12.2. The molecule has 94 valence electrons. The monoisotopic (exact) mass is 244 g/mol. The fourth-order valence-corrected chi connectivity index (χ4v) is 2.20. The molecule has 2 heteroatoms. The fourth-order valence-electron chi connectivity index (χ4n) is 2.20. The van der Waals surface area contributed by atoms with Crippen molar-refractivity contribution in [2.75, 3.05) is 7.11 Å². The number of rotatable bonds is 4. The maximum Gasteiger partial charge on any atom is 0.123 e. The van der Waals surface area contributed by atoms with Crippen molar-refractivity contribution in [3.63, 3.8) is 0 Å². The third kappa shape index (κ3) is 2.70. The van der Waals surface area contributed by atoms with Gasteiger partial charge in [-0.2, -0.15) is 0 Å². The van der Waals surface area contributed by atoms with E-state index < -0.39 is 0 Å². The van der Waals surface area contributed by atoms with Gasteiger partial charge in [-0.3, -0.25) is 0 Å². The number of benzene rings is 2. The number of methoxy groups -OCH3 is 1. The number of hydrogen-bond donors (Lipinski definition) is 0. The van der Waals surface area contributed by atoms with E-state index in [0.717, 1.165) is 17.7 Å². The van der Waals surface area contributed by atoms with Crippen molar-refractivity contribution >= 4 is 0 Å². The predicted octanol–water partition coefficient (Wildman–Crippen LogP) is 4.38. The summed E-state index contributed by atoms with van der Waals surface area (Å²) < 4.78 is 18.1. The van der Waals surface area contributed by atoms with Crippen LogP contribution < -0.4 is 4.74 Å². The lowest BCUT2D eigenvalue weighted by Gasteiger charge is -2.16. The average Bonchev–Trinajstić information content (AvgIpc) is 2.42. The van der Waals surface area contributed by atoms with Gasteiger partial charge in [0.25, 0.3) is 0 Å². The Balaban J connectivity index is 2.29. The molecule has 0 saturated heterocycles. The van der Waals surface area contributed by atoms with Crippen LogP contribution in [0.3, 0.4) is 0 Å². The molecular formula is C16H17FO. The van der Waals surface area contributed by atoms with Gasteiger partial charge < -0.3 is 4.74 Å². The topological polar surface area (TPSA) is 9.23 Å². The standard InChI is InChI=1S/C16H17FO/c1-3-16(12-4-8-14(17)9-5-12)13-6-10-15(18-2)11-7-13/h4-11,16H,3H2,1-2H3/t16-/m0/s1. The Kier molecular flexibility index (Phi) is 3.98. The molecule has 0 bridgehead atoms. The maximum absolute atomic E-state index is 12.9. The third-order valence-electron chi connectivity index (χ3n) is 3.20. The largest absolute Gasteiger partial charge is 0.497 e. The zero-order chi connectivity index (χ0) is 13.0. The molecule has 2 aromatic carbocycles. The van der Waals surface area contributed by atoms with Crippen molar-refractivity contribution in [2.24, 2.45) is 0 Å². The van der Waals surface area contributed by atoms with Crippen LogP contribution in [0.25, 0.3) is 0 Å². The second-order valence-electron chi connectivity index (χ2n) is 4.29. The first-order chi connectivity index (χ1) is 8.74. The first-order valence-electron chi connectivity index (χ1n) is 6.14. The van der Waals surface area contributed by atoms with Crippen molar-refractivity contribution in [3.05, 3.63) is 65.5 Å². The second-order valence-corrected chi connectivity index (χ2v) is 4.29. The lowest BCUT2D eigenvalue weighted by Crippen LogP contribution is -1.99. The Morgan fingerprint density at radius 2 is 1.44 bits per heavy atom. The highest BCUT2D eigenvalue weighted by Gasteiger charge is 2.12. The molecule has 0 N–H and O–H groups in total. The van der Waals surface area contributed by atoms with E-state index >= 15 is 0 Å². The van der Waals surface area contributed by atoms with Gasteiger partial charge in [0, 0.05) is 5.92 Å². The summed E-state index contributed by atoms with van der Waals surface area (Å²) in [5, 5.41) is 0. The summed E-state index contributed by atoms with van der Waals surface area (Å²) in [5.41, 5.74) is 2.37. The Bertz CT molecular complexity index is 488. The lowest BCUT2D eigenvalue weighted by atomic mass is 9.89. The van der Waals surface area contributed by atoms with Gasteiger partial charge in [-0.05, 0) is 41.8 Å². The summed E-state index contributed by atoms with van der Waals surface area (Å²) in [6.07, 6.45) is 0.984. The quantitative estimate of drug-likeness (QED) is 0.775. The molecular weight excluding hydrogens is 227 g/mol. The van der Waals surface area contributed by atoms with Gasteiger partial charge in [-0.1, -0.05) is 31.2 Å². The van der Waals surface area contributed by atoms with Crippen LogP contribution in [0.1, 0.15) is 30.4 Å². The fraction of sp³-hybridized carbons (Fsp3) is 0.250. The van der Waals surface area contributed by atoms with Gasteiger partial charge in [-0.15, -0.1) is 0 Å². The van der Waals surface area contributed by atoms with Crippen molar-refractivity contribution < 1.29 is 9.13 Å². The van der Waals surface area contributed by atoms with Crippen molar-refractivity contribution in [3.8, 4) is 5.75 Å². The first-order valence-corrected chi connectivity index (χ1v) is 6.14. The molecule has 2 rings (SSSR count). The van der Waals surface area contributed by atoms with Crippen LogP contribution in [0.4, 0.5) is 4.39 Å². The van der Waals surface area contributed by atoms with Crippen molar-refractivity contribution in [1.29, 1.82) is 0 Å². The van der Waals surface area contributed by atoms with Crippen LogP contribution >= 0.6 is 0 Å². The molecule has 0 aliphatic carbocycles. The minimum atomic E-state index is -0.191. The number of ether oxygens (including phenoxy) is 1. The predicted molar refractivity (Wildman–Crippen MR) is 71.5 cm³/mol. The minimum Gasteiger partial charge on any atom is -0.497 e. The summed E-state index contributed by atoms with van der Waals surface area (Å²) in [5.74, 6) is 0.965. The zero-order valence-corrected chi connectivity index (χ0v) is 10.7. The van der Waals surface area contributed by atoms with Crippen LogP contribution in [-0.4, -0.2) is 7.11 Å². The molecule has 0 amide bonds. The van der Waals surface area contributed by atoms with Crippen LogP contribution in [0, 0.1) is 5.82 Å². The van der Waals surface area contributed by atoms with E-state index in [1.807, 2.05) is 24.3 Å². The minimum absolute atomic E-state index is 0.191. The molecule has 18 heavy (non-hydrogen) atoms. The number of hydrogen-bond acceptors (Lipinski definition) is 1. The van der Waals surface area contributed by atoms with E-state index in [0.29, 0.717) is 5.92 Å². The molecule has 0 aliphatic rings. The van der Waals surface area contributed by atoms with Gasteiger partial charge in [0.1, 0.15) is 11.6 Å². The van der Waals surface area contributed by atoms with Crippen LogP contribution in [0.2, 0.25) is 0 Å². The zero-order valence-electron chi connectivity index (χ0n) is 10.7. The van der Waals surface area contributed by atoms with Crippen LogP contribution in [0.15, 0.2) is 48.5 Å². The Hall–Kier alpha value is -1.83. The molecule has 0 fully saturated rings. The van der Waals surface area contributed by atoms with E-state index in [4.69, 9.17) is 4.74 Å². The van der Waals surface area contributed by atoms with Crippen LogP contribution in [-0.2, 0) is 0 Å². The lowest BCUT2D eigenvalue weighted by molar-refractivity contribution is 0.414. The van der Waals surface area contributed by atoms with E-state index in [2.05, 4.69) is 19.1 Å². The number of halogens is 1. The first kappa shape index (κ1) is 12.6. The summed E-state index contributed by atoms with van der Waals surface area (Å²) in [7, 11) is 1.66.